The molecule has 1 saturated heterocycles. The lowest BCUT2D eigenvalue weighted by atomic mass is 9.90. The summed E-state index contributed by atoms with van der Waals surface area (Å²) >= 11 is 1.50. The molecule has 2 heterocycles. The third-order valence-corrected chi connectivity index (χ3v) is 3.93. The van der Waals surface area contributed by atoms with Crippen molar-refractivity contribution in [3.8, 4) is 0 Å². The Balaban J connectivity index is 2.06. The molecule has 2 N–H and O–H groups in total. The van der Waals surface area contributed by atoms with E-state index in [9.17, 15) is 4.79 Å². The molecule has 3 nitrogen and oxygen atoms in total. The first-order valence-corrected chi connectivity index (χ1v) is 6.05. The molecular weight excluding hydrogens is 208 g/mol. The van der Waals surface area contributed by atoms with E-state index in [4.69, 9.17) is 5.73 Å². The van der Waals surface area contributed by atoms with Gasteiger partial charge < -0.3 is 10.6 Å². The summed E-state index contributed by atoms with van der Waals surface area (Å²) in [6.07, 6.45) is 1.01. The van der Waals surface area contributed by atoms with E-state index in [1.807, 2.05) is 22.4 Å². The molecule has 82 valence electrons. The summed E-state index contributed by atoms with van der Waals surface area (Å²) in [5, 5.41) is 1.94. The Morgan fingerprint density at radius 3 is 3.07 bits per heavy atom. The van der Waals surface area contributed by atoms with Crippen LogP contribution in [0.4, 0.5) is 0 Å². The number of likely N-dealkylation sites (tertiary alicyclic amines) is 1. The number of thiophene rings is 1. The van der Waals surface area contributed by atoms with E-state index in [2.05, 4.69) is 6.92 Å². The molecule has 0 bridgehead atoms. The van der Waals surface area contributed by atoms with E-state index in [1.165, 1.54) is 11.3 Å². The zero-order chi connectivity index (χ0) is 10.9. The molecule has 4 heteroatoms. The smallest absolute Gasteiger partial charge is 0.263 e. The Morgan fingerprint density at radius 1 is 1.73 bits per heavy atom. The summed E-state index contributed by atoms with van der Waals surface area (Å²) < 4.78 is 0. The van der Waals surface area contributed by atoms with Crippen LogP contribution in [0.2, 0.25) is 0 Å². The largest absolute Gasteiger partial charge is 0.337 e. The summed E-state index contributed by atoms with van der Waals surface area (Å²) in [6.45, 7) is 4.43. The van der Waals surface area contributed by atoms with E-state index in [-0.39, 0.29) is 11.3 Å². The standard InChI is InChI=1S/C11H16N2OS/c1-11(7-12)4-5-13(8-11)10(14)9-3-2-6-15-9/h2-3,6H,4-5,7-8,12H2,1H3. The van der Waals surface area contributed by atoms with Gasteiger partial charge in [-0.2, -0.15) is 0 Å². The van der Waals surface area contributed by atoms with E-state index >= 15 is 0 Å². The highest BCUT2D eigenvalue weighted by atomic mass is 32.1. The predicted octanol–water partition coefficient (Wildman–Crippen LogP) is 1.56. The summed E-state index contributed by atoms with van der Waals surface area (Å²) in [6, 6.07) is 3.79. The Morgan fingerprint density at radius 2 is 2.53 bits per heavy atom. The third-order valence-electron chi connectivity index (χ3n) is 3.07. The Kier molecular flexibility index (Phi) is 2.80. The topological polar surface area (TPSA) is 46.3 Å². The summed E-state index contributed by atoms with van der Waals surface area (Å²) in [4.78, 5) is 14.8. The van der Waals surface area contributed by atoms with Crippen molar-refractivity contribution in [3.63, 3.8) is 0 Å². The van der Waals surface area contributed by atoms with Gasteiger partial charge in [0.05, 0.1) is 4.88 Å². The fourth-order valence-electron chi connectivity index (χ4n) is 1.92. The fourth-order valence-corrected chi connectivity index (χ4v) is 2.61. The quantitative estimate of drug-likeness (QED) is 0.828. The van der Waals surface area contributed by atoms with Gasteiger partial charge in [0.25, 0.3) is 5.91 Å². The van der Waals surface area contributed by atoms with Gasteiger partial charge in [-0.1, -0.05) is 13.0 Å². The molecule has 1 aromatic heterocycles. The van der Waals surface area contributed by atoms with Gasteiger partial charge in [-0.3, -0.25) is 4.79 Å². The first-order valence-electron chi connectivity index (χ1n) is 5.17. The van der Waals surface area contributed by atoms with Gasteiger partial charge in [0.2, 0.25) is 0 Å². The average Bonchev–Trinajstić information content (AvgIpc) is 2.86. The van der Waals surface area contributed by atoms with Gasteiger partial charge in [0.1, 0.15) is 0 Å². The van der Waals surface area contributed by atoms with Crippen molar-refractivity contribution >= 4 is 17.2 Å². The molecule has 15 heavy (non-hydrogen) atoms. The highest BCUT2D eigenvalue weighted by molar-refractivity contribution is 7.12. The molecule has 1 aliphatic rings. The lowest BCUT2D eigenvalue weighted by Gasteiger charge is -2.22. The second-order valence-electron chi connectivity index (χ2n) is 4.47. The number of rotatable bonds is 2. The predicted molar refractivity (Wildman–Crippen MR) is 62.0 cm³/mol. The summed E-state index contributed by atoms with van der Waals surface area (Å²) in [5.41, 5.74) is 5.83. The highest BCUT2D eigenvalue weighted by Crippen LogP contribution is 2.29. The number of carbonyl (C=O) groups excluding carboxylic acids is 1. The number of nitrogens with two attached hydrogens (primary N) is 1. The van der Waals surface area contributed by atoms with E-state index in [0.717, 1.165) is 24.4 Å². The Bertz CT molecular complexity index is 349. The zero-order valence-electron chi connectivity index (χ0n) is 8.90. The maximum atomic E-state index is 12.0. The summed E-state index contributed by atoms with van der Waals surface area (Å²) in [7, 11) is 0. The van der Waals surface area contributed by atoms with Crippen molar-refractivity contribution in [1.82, 2.24) is 4.90 Å². The molecule has 1 aliphatic heterocycles. The molecule has 1 amide bonds. The van der Waals surface area contributed by atoms with Crippen molar-refractivity contribution in [2.24, 2.45) is 11.1 Å². The Hall–Kier alpha value is -0.870. The van der Waals surface area contributed by atoms with Crippen molar-refractivity contribution in [3.05, 3.63) is 22.4 Å². The Labute approximate surface area is 93.9 Å². The zero-order valence-corrected chi connectivity index (χ0v) is 9.72. The van der Waals surface area contributed by atoms with Gasteiger partial charge in [-0.25, -0.2) is 0 Å². The highest BCUT2D eigenvalue weighted by Gasteiger charge is 2.35. The summed E-state index contributed by atoms with van der Waals surface area (Å²) in [5.74, 6) is 0.155. The van der Waals surface area contributed by atoms with Crippen LogP contribution < -0.4 is 5.73 Å². The minimum Gasteiger partial charge on any atom is -0.337 e. The lowest BCUT2D eigenvalue weighted by molar-refractivity contribution is 0.0781. The van der Waals surface area contributed by atoms with Crippen LogP contribution in [0.15, 0.2) is 17.5 Å². The number of hydrogen-bond donors (Lipinski definition) is 1. The molecule has 0 aliphatic carbocycles. The minimum atomic E-state index is 0.118. The third kappa shape index (κ3) is 2.06. The van der Waals surface area contributed by atoms with Gasteiger partial charge in [0.15, 0.2) is 0 Å². The van der Waals surface area contributed by atoms with Crippen LogP contribution in [0, 0.1) is 5.41 Å². The molecule has 1 aromatic rings. The molecule has 1 atom stereocenters. The average molecular weight is 224 g/mol. The van der Waals surface area contributed by atoms with Crippen LogP contribution in [-0.4, -0.2) is 30.4 Å². The second kappa shape index (κ2) is 3.94. The van der Waals surface area contributed by atoms with Crippen LogP contribution in [0.25, 0.3) is 0 Å². The lowest BCUT2D eigenvalue weighted by Crippen LogP contribution is -2.34. The molecule has 0 saturated carbocycles. The fraction of sp³-hybridized carbons (Fsp3) is 0.545. The van der Waals surface area contributed by atoms with Crippen LogP contribution in [-0.2, 0) is 0 Å². The molecule has 1 unspecified atom stereocenters. The maximum Gasteiger partial charge on any atom is 0.263 e. The van der Waals surface area contributed by atoms with Crippen LogP contribution >= 0.6 is 11.3 Å². The molecule has 2 rings (SSSR count). The van der Waals surface area contributed by atoms with Gasteiger partial charge in [-0.05, 0) is 29.8 Å². The number of hydrogen-bond acceptors (Lipinski definition) is 3. The van der Waals surface area contributed by atoms with Crippen LogP contribution in [0.5, 0.6) is 0 Å². The van der Waals surface area contributed by atoms with Gasteiger partial charge in [-0.15, -0.1) is 11.3 Å². The van der Waals surface area contributed by atoms with E-state index < -0.39 is 0 Å². The molecule has 1 fully saturated rings. The minimum absolute atomic E-state index is 0.118. The van der Waals surface area contributed by atoms with E-state index in [1.54, 1.807) is 0 Å². The van der Waals surface area contributed by atoms with Gasteiger partial charge in [0, 0.05) is 13.1 Å². The van der Waals surface area contributed by atoms with Crippen molar-refractivity contribution in [2.45, 2.75) is 13.3 Å². The molecule has 0 radical (unpaired) electrons. The van der Waals surface area contributed by atoms with Crippen molar-refractivity contribution < 1.29 is 4.79 Å². The first kappa shape index (κ1) is 10.6. The van der Waals surface area contributed by atoms with Gasteiger partial charge >= 0.3 is 0 Å². The number of carbonyl (C=O) groups is 1. The van der Waals surface area contributed by atoms with Crippen molar-refractivity contribution in [1.29, 1.82) is 0 Å². The van der Waals surface area contributed by atoms with Crippen LogP contribution in [0.1, 0.15) is 23.0 Å². The molecule has 0 spiro atoms. The van der Waals surface area contributed by atoms with E-state index in [0.29, 0.717) is 6.54 Å². The van der Waals surface area contributed by atoms with Crippen molar-refractivity contribution in [2.75, 3.05) is 19.6 Å². The number of nitrogens with zero attached hydrogens (tertiary/aromatic N) is 1. The normalized spacial score (nSPS) is 25.9. The number of amides is 1. The monoisotopic (exact) mass is 224 g/mol. The second-order valence-corrected chi connectivity index (χ2v) is 5.42. The first-order chi connectivity index (χ1) is 7.14. The molecule has 0 aromatic carbocycles. The maximum absolute atomic E-state index is 12.0. The van der Waals surface area contributed by atoms with Crippen LogP contribution in [0.3, 0.4) is 0 Å². The SMILES string of the molecule is CC1(CN)CCN(C(=O)c2cccs2)C1. The molecular formula is C11H16N2OS.